The van der Waals surface area contributed by atoms with Crippen LogP contribution in [-0.4, -0.2) is 30.4 Å². The molecular formula is C17H26FN3O2. The van der Waals surface area contributed by atoms with Crippen molar-refractivity contribution in [3.63, 3.8) is 0 Å². The molecule has 0 aliphatic rings. The Bertz CT molecular complexity index is 548. The molecule has 0 aromatic heterocycles. The van der Waals surface area contributed by atoms with Crippen LogP contribution in [0.15, 0.2) is 24.3 Å². The second-order valence-electron chi connectivity index (χ2n) is 6.49. The van der Waals surface area contributed by atoms with E-state index in [1.807, 2.05) is 6.92 Å². The molecule has 1 aromatic rings. The van der Waals surface area contributed by atoms with Crippen LogP contribution < -0.4 is 16.4 Å². The summed E-state index contributed by atoms with van der Waals surface area (Å²) in [4.78, 5) is 23.8. The summed E-state index contributed by atoms with van der Waals surface area (Å²) in [5.74, 6) is -0.609. The fourth-order valence-electron chi connectivity index (χ4n) is 2.54. The minimum Gasteiger partial charge on any atom is -0.348 e. The van der Waals surface area contributed by atoms with E-state index in [1.54, 1.807) is 12.1 Å². The Balaban J connectivity index is 2.44. The smallest absolute Gasteiger partial charge is 0.239 e. The van der Waals surface area contributed by atoms with E-state index in [2.05, 4.69) is 24.5 Å². The lowest BCUT2D eigenvalue weighted by Gasteiger charge is -2.31. The van der Waals surface area contributed by atoms with Crippen LogP contribution in [0.4, 0.5) is 4.39 Å². The van der Waals surface area contributed by atoms with Gasteiger partial charge in [0.15, 0.2) is 0 Å². The van der Waals surface area contributed by atoms with Gasteiger partial charge < -0.3 is 16.4 Å². The average Bonchev–Trinajstić information content (AvgIpc) is 2.44. The van der Waals surface area contributed by atoms with Crippen LogP contribution in [0.2, 0.25) is 0 Å². The predicted octanol–water partition coefficient (Wildman–Crippen LogP) is 1.36. The molecule has 0 spiro atoms. The van der Waals surface area contributed by atoms with Crippen molar-refractivity contribution in [2.24, 2.45) is 11.7 Å². The summed E-state index contributed by atoms with van der Waals surface area (Å²) >= 11 is 0. The van der Waals surface area contributed by atoms with Gasteiger partial charge in [-0.15, -0.1) is 0 Å². The van der Waals surface area contributed by atoms with E-state index in [-0.39, 0.29) is 30.6 Å². The highest BCUT2D eigenvalue weighted by Gasteiger charge is 2.25. The Labute approximate surface area is 136 Å². The van der Waals surface area contributed by atoms with Crippen molar-refractivity contribution in [3.05, 3.63) is 35.6 Å². The maximum absolute atomic E-state index is 13.1. The molecule has 0 bridgehead atoms. The van der Waals surface area contributed by atoms with Gasteiger partial charge in [0.1, 0.15) is 5.82 Å². The van der Waals surface area contributed by atoms with Crippen LogP contribution >= 0.6 is 0 Å². The summed E-state index contributed by atoms with van der Waals surface area (Å²) in [7, 11) is 0. The van der Waals surface area contributed by atoms with Crippen molar-refractivity contribution in [2.45, 2.75) is 39.2 Å². The molecular weight excluding hydrogens is 297 g/mol. The Morgan fingerprint density at radius 1 is 1.30 bits per heavy atom. The summed E-state index contributed by atoms with van der Waals surface area (Å²) in [5, 5.41) is 5.40. The van der Waals surface area contributed by atoms with Gasteiger partial charge in [0.2, 0.25) is 11.8 Å². The molecule has 2 amide bonds. The number of hydrogen-bond donors (Lipinski definition) is 3. The topological polar surface area (TPSA) is 84.2 Å². The average molecular weight is 323 g/mol. The Hall–Kier alpha value is -1.95. The molecule has 1 rings (SSSR count). The van der Waals surface area contributed by atoms with Gasteiger partial charge in [0.25, 0.3) is 0 Å². The van der Waals surface area contributed by atoms with Crippen molar-refractivity contribution in [3.8, 4) is 0 Å². The fraction of sp³-hybridized carbons (Fsp3) is 0.529. The molecule has 23 heavy (non-hydrogen) atoms. The molecule has 0 saturated carbocycles. The first-order valence-corrected chi connectivity index (χ1v) is 7.76. The zero-order chi connectivity index (χ0) is 17.5. The summed E-state index contributed by atoms with van der Waals surface area (Å²) in [5.41, 5.74) is 5.82. The molecule has 0 fully saturated rings. The number of rotatable bonds is 8. The van der Waals surface area contributed by atoms with E-state index in [0.29, 0.717) is 18.0 Å². The quantitative estimate of drug-likeness (QED) is 0.675. The lowest BCUT2D eigenvalue weighted by molar-refractivity contribution is -0.126. The Morgan fingerprint density at radius 2 is 2.00 bits per heavy atom. The fourth-order valence-corrected chi connectivity index (χ4v) is 2.54. The van der Waals surface area contributed by atoms with Crippen LogP contribution in [0, 0.1) is 11.7 Å². The lowest BCUT2D eigenvalue weighted by atomic mass is 9.91. The van der Waals surface area contributed by atoms with E-state index < -0.39 is 5.54 Å². The van der Waals surface area contributed by atoms with Crippen molar-refractivity contribution in [1.29, 1.82) is 0 Å². The van der Waals surface area contributed by atoms with Gasteiger partial charge in [-0.1, -0.05) is 26.0 Å². The number of carbonyl (C=O) groups excluding carboxylic acids is 2. The molecule has 1 unspecified atom stereocenters. The molecule has 1 atom stereocenters. The maximum atomic E-state index is 13.1. The molecule has 4 N–H and O–H groups in total. The molecule has 0 aliphatic carbocycles. The molecule has 0 aliphatic heterocycles. The molecule has 1 aromatic carbocycles. The summed E-state index contributed by atoms with van der Waals surface area (Å²) in [6, 6.07) is 5.82. The third kappa shape index (κ3) is 7.23. The van der Waals surface area contributed by atoms with Gasteiger partial charge in [0, 0.05) is 12.1 Å². The van der Waals surface area contributed by atoms with Gasteiger partial charge in [-0.25, -0.2) is 4.39 Å². The van der Waals surface area contributed by atoms with E-state index in [4.69, 9.17) is 5.73 Å². The number of benzene rings is 1. The Kier molecular flexibility index (Phi) is 7.16. The minimum atomic E-state index is -0.488. The molecule has 0 saturated heterocycles. The van der Waals surface area contributed by atoms with Crippen LogP contribution in [0.5, 0.6) is 0 Å². The van der Waals surface area contributed by atoms with Crippen molar-refractivity contribution < 1.29 is 14.0 Å². The largest absolute Gasteiger partial charge is 0.348 e. The van der Waals surface area contributed by atoms with Gasteiger partial charge in [-0.3, -0.25) is 9.59 Å². The number of nitrogens with one attached hydrogen (secondary N) is 2. The third-order valence-electron chi connectivity index (χ3n) is 3.45. The van der Waals surface area contributed by atoms with Crippen LogP contribution in [0.3, 0.4) is 0 Å². The summed E-state index contributed by atoms with van der Waals surface area (Å²) in [6.45, 7) is 6.21. The van der Waals surface area contributed by atoms with Crippen LogP contribution in [0.1, 0.15) is 32.8 Å². The molecule has 0 heterocycles. The maximum Gasteiger partial charge on any atom is 0.239 e. The predicted molar refractivity (Wildman–Crippen MR) is 88.2 cm³/mol. The third-order valence-corrected chi connectivity index (χ3v) is 3.45. The summed E-state index contributed by atoms with van der Waals surface area (Å²) < 4.78 is 13.1. The van der Waals surface area contributed by atoms with E-state index in [1.165, 1.54) is 12.1 Å². The van der Waals surface area contributed by atoms with Gasteiger partial charge in [-0.2, -0.15) is 0 Å². The van der Waals surface area contributed by atoms with Gasteiger partial charge in [0.05, 0.1) is 13.0 Å². The number of amides is 2. The van der Waals surface area contributed by atoms with Gasteiger partial charge >= 0.3 is 0 Å². The minimum absolute atomic E-state index is 0.0329. The van der Waals surface area contributed by atoms with Gasteiger partial charge in [-0.05, 0) is 37.0 Å². The van der Waals surface area contributed by atoms with Crippen molar-refractivity contribution >= 4 is 11.8 Å². The highest BCUT2D eigenvalue weighted by atomic mass is 19.1. The van der Waals surface area contributed by atoms with E-state index in [0.717, 1.165) is 6.42 Å². The zero-order valence-corrected chi connectivity index (χ0v) is 14.0. The zero-order valence-electron chi connectivity index (χ0n) is 14.0. The van der Waals surface area contributed by atoms with Crippen molar-refractivity contribution in [2.75, 3.05) is 13.1 Å². The van der Waals surface area contributed by atoms with E-state index in [9.17, 15) is 14.0 Å². The van der Waals surface area contributed by atoms with Crippen LogP contribution in [0.25, 0.3) is 0 Å². The number of halogens is 1. The second kappa shape index (κ2) is 8.62. The molecule has 0 radical (unpaired) electrons. The monoisotopic (exact) mass is 323 g/mol. The normalized spacial score (nSPS) is 13.5. The lowest BCUT2D eigenvalue weighted by Crippen LogP contribution is -2.54. The first kappa shape index (κ1) is 19.1. The number of hydrogen-bond acceptors (Lipinski definition) is 3. The van der Waals surface area contributed by atoms with Crippen molar-refractivity contribution in [1.82, 2.24) is 10.6 Å². The van der Waals surface area contributed by atoms with E-state index >= 15 is 0 Å². The number of carbonyl (C=O) groups is 2. The SMILES string of the molecule is CC(C)CC(C)(CN)NC(=O)CNC(=O)Cc1cccc(F)c1. The molecule has 128 valence electrons. The highest BCUT2D eigenvalue weighted by molar-refractivity contribution is 5.86. The highest BCUT2D eigenvalue weighted by Crippen LogP contribution is 2.14. The van der Waals surface area contributed by atoms with Crippen LogP contribution in [-0.2, 0) is 16.0 Å². The summed E-state index contributed by atoms with van der Waals surface area (Å²) in [6.07, 6.45) is 0.789. The number of nitrogens with two attached hydrogens (primary N) is 1. The molecule has 5 nitrogen and oxygen atoms in total. The first-order chi connectivity index (χ1) is 10.7. The second-order valence-corrected chi connectivity index (χ2v) is 6.49. The Morgan fingerprint density at radius 3 is 2.57 bits per heavy atom. The standard InChI is InChI=1S/C17H26FN3O2/c1-12(2)9-17(3,11-19)21-16(23)10-20-15(22)8-13-5-4-6-14(18)7-13/h4-7,12H,8-11,19H2,1-3H3,(H,20,22)(H,21,23). The first-order valence-electron chi connectivity index (χ1n) is 7.76. The molecule has 6 heteroatoms.